The van der Waals surface area contributed by atoms with Crippen LogP contribution in [0.3, 0.4) is 0 Å². The average molecular weight is 692 g/mol. The minimum atomic E-state index is 0.227. The molecule has 252 valence electrons. The molecule has 0 amide bonds. The Bertz CT molecular complexity index is 1870. The van der Waals surface area contributed by atoms with E-state index in [2.05, 4.69) is 152 Å². The van der Waals surface area contributed by atoms with E-state index in [0.29, 0.717) is 0 Å². The highest BCUT2D eigenvalue weighted by Gasteiger charge is 2.39. The van der Waals surface area contributed by atoms with Crippen LogP contribution in [0, 0.1) is 23.7 Å². The van der Waals surface area contributed by atoms with Gasteiger partial charge in [-0.15, -0.1) is 0 Å². The number of hydrogen-bond acceptors (Lipinski definition) is 5. The summed E-state index contributed by atoms with van der Waals surface area (Å²) in [6.45, 7) is 14.4. The maximum Gasteiger partial charge on any atom is 0.247 e. The van der Waals surface area contributed by atoms with Crippen LogP contribution in [0.2, 0.25) is 0 Å². The molecule has 4 aliphatic rings. The van der Waals surface area contributed by atoms with E-state index in [-0.39, 0.29) is 6.71 Å². The van der Waals surface area contributed by atoms with Crippen LogP contribution in [0.15, 0.2) is 129 Å². The summed E-state index contributed by atoms with van der Waals surface area (Å²) < 4.78 is 0. The first-order valence-electron chi connectivity index (χ1n) is 18.6. The molecule has 0 spiro atoms. The van der Waals surface area contributed by atoms with Gasteiger partial charge in [0.25, 0.3) is 0 Å². The molecule has 5 aromatic rings. The second-order valence-electron chi connectivity index (χ2n) is 15.6. The molecule has 0 saturated carbocycles. The molecule has 2 fully saturated rings. The Hall–Kier alpha value is -3.74. The summed E-state index contributed by atoms with van der Waals surface area (Å²) in [6.07, 6.45) is 2.64. The fourth-order valence-corrected chi connectivity index (χ4v) is 11.9. The molecule has 0 bridgehead atoms. The zero-order chi connectivity index (χ0) is 33.9. The summed E-state index contributed by atoms with van der Waals surface area (Å²) in [5, 5.41) is 0. The number of para-hydroxylation sites is 2. The van der Waals surface area contributed by atoms with Crippen molar-refractivity contribution in [1.29, 1.82) is 0 Å². The molecule has 0 radical (unpaired) electrons. The van der Waals surface area contributed by atoms with Crippen LogP contribution >= 0.6 is 23.5 Å². The number of benzene rings is 5. The average Bonchev–Trinajstić information content (AvgIpc) is 3.11. The van der Waals surface area contributed by atoms with E-state index < -0.39 is 0 Å². The van der Waals surface area contributed by atoms with Crippen LogP contribution in [-0.2, 0) is 0 Å². The Morgan fingerprint density at radius 3 is 1.34 bits per heavy atom. The van der Waals surface area contributed by atoms with Crippen molar-refractivity contribution in [2.45, 2.75) is 60.1 Å². The Labute approximate surface area is 307 Å². The maximum atomic E-state index is 2.64. The van der Waals surface area contributed by atoms with E-state index in [1.165, 1.54) is 77.2 Å². The van der Waals surface area contributed by atoms with Crippen molar-refractivity contribution in [3.63, 3.8) is 0 Å². The summed E-state index contributed by atoms with van der Waals surface area (Å²) >= 11 is 3.95. The van der Waals surface area contributed by atoms with Gasteiger partial charge in [-0.1, -0.05) is 111 Å². The smallest absolute Gasteiger partial charge is 0.247 e. The van der Waals surface area contributed by atoms with Gasteiger partial charge in [-0.2, -0.15) is 0 Å². The Morgan fingerprint density at radius 1 is 0.500 bits per heavy atom. The van der Waals surface area contributed by atoms with E-state index in [1.54, 1.807) is 0 Å². The molecule has 0 aliphatic carbocycles. The van der Waals surface area contributed by atoms with Crippen molar-refractivity contribution in [3.05, 3.63) is 109 Å². The third-order valence-electron chi connectivity index (χ3n) is 11.2. The molecule has 4 heterocycles. The third-order valence-corrected chi connectivity index (χ3v) is 13.5. The van der Waals surface area contributed by atoms with Gasteiger partial charge < -0.3 is 14.7 Å². The number of hydrogen-bond donors (Lipinski definition) is 0. The van der Waals surface area contributed by atoms with E-state index >= 15 is 0 Å². The molecule has 6 heteroatoms. The lowest BCUT2D eigenvalue weighted by Gasteiger charge is -2.39. The lowest BCUT2D eigenvalue weighted by Crippen LogP contribution is -2.58. The fraction of sp³-hybridized carbons (Fsp3) is 0.318. The van der Waals surface area contributed by atoms with E-state index in [4.69, 9.17) is 0 Å². The van der Waals surface area contributed by atoms with Gasteiger partial charge in [0.2, 0.25) is 6.71 Å². The van der Waals surface area contributed by atoms with E-state index in [1.807, 2.05) is 23.5 Å². The largest absolute Gasteiger partial charge is 0.371 e. The fourth-order valence-electron chi connectivity index (χ4n) is 9.33. The lowest BCUT2D eigenvalue weighted by atomic mass is 9.36. The first-order chi connectivity index (χ1) is 24.4. The van der Waals surface area contributed by atoms with Crippen LogP contribution in [0.25, 0.3) is 0 Å². The van der Waals surface area contributed by atoms with Crippen LogP contribution in [0.1, 0.15) is 40.5 Å². The summed E-state index contributed by atoms with van der Waals surface area (Å²) in [4.78, 5) is 13.3. The SMILES string of the molecule is CC1CC(C)CN(c2ccc3c(c2)Sc2cc(N(c4ccccc4)c4ccccc4)cc4c2B3c2ccc(N3CC(C)CC(C)C3)cc2S4)C1. The molecule has 0 aromatic heterocycles. The predicted octanol–water partition coefficient (Wildman–Crippen LogP) is 9.57. The number of anilines is 5. The molecule has 4 atom stereocenters. The summed E-state index contributed by atoms with van der Waals surface area (Å²) in [6, 6.07) is 41.4. The molecule has 2 saturated heterocycles. The highest BCUT2D eigenvalue weighted by molar-refractivity contribution is 8.01. The molecule has 50 heavy (non-hydrogen) atoms. The molecule has 0 N–H and O–H groups in total. The minimum absolute atomic E-state index is 0.227. The van der Waals surface area contributed by atoms with Gasteiger partial charge in [-0.25, -0.2) is 0 Å². The maximum absolute atomic E-state index is 2.64. The van der Waals surface area contributed by atoms with Crippen LogP contribution in [0.5, 0.6) is 0 Å². The number of fused-ring (bicyclic) bond motifs is 4. The molecular formula is C44H46BN3S2. The topological polar surface area (TPSA) is 9.72 Å². The molecule has 5 aromatic carbocycles. The standard InChI is InChI=1S/C44H46BN3S2/c1-29-19-30(2)26-46(25-29)35-15-17-38-40(21-35)49-42-23-37(48(33-11-7-5-8-12-33)34-13-9-6-10-14-34)24-43-44(42)45(38)39-18-16-36(22-41(39)50-43)47-27-31(3)20-32(4)28-47/h5-18,21-24,29-32H,19-20,25-28H2,1-4H3. The first-order valence-corrected chi connectivity index (χ1v) is 20.2. The van der Waals surface area contributed by atoms with Crippen molar-refractivity contribution < 1.29 is 0 Å². The second kappa shape index (κ2) is 13.1. The van der Waals surface area contributed by atoms with Crippen molar-refractivity contribution in [2.75, 3.05) is 40.9 Å². The Balaban J connectivity index is 1.19. The van der Waals surface area contributed by atoms with Gasteiger partial charge in [0.1, 0.15) is 0 Å². The summed E-state index contributed by atoms with van der Waals surface area (Å²) in [5.41, 5.74) is 10.7. The molecule has 4 unspecified atom stereocenters. The number of piperidine rings is 2. The van der Waals surface area contributed by atoms with Crippen molar-refractivity contribution in [1.82, 2.24) is 0 Å². The van der Waals surface area contributed by atoms with E-state index in [0.717, 1.165) is 49.9 Å². The van der Waals surface area contributed by atoms with Gasteiger partial charge in [-0.05, 0) is 103 Å². The number of rotatable bonds is 5. The molecule has 4 aliphatic heterocycles. The Morgan fingerprint density at radius 2 is 0.920 bits per heavy atom. The van der Waals surface area contributed by atoms with Crippen molar-refractivity contribution in [2.24, 2.45) is 23.7 Å². The van der Waals surface area contributed by atoms with Crippen LogP contribution < -0.4 is 31.1 Å². The van der Waals surface area contributed by atoms with Gasteiger partial charge in [0.15, 0.2) is 0 Å². The molecule has 9 rings (SSSR count). The van der Waals surface area contributed by atoms with Crippen LogP contribution in [0.4, 0.5) is 28.4 Å². The van der Waals surface area contributed by atoms with Crippen molar-refractivity contribution in [3.8, 4) is 0 Å². The molecule has 3 nitrogen and oxygen atoms in total. The van der Waals surface area contributed by atoms with Crippen LogP contribution in [-0.4, -0.2) is 32.9 Å². The predicted molar refractivity (Wildman–Crippen MR) is 217 cm³/mol. The quantitative estimate of drug-likeness (QED) is 0.166. The third kappa shape index (κ3) is 5.92. The van der Waals surface area contributed by atoms with Crippen molar-refractivity contribution >= 4 is 75.1 Å². The summed E-state index contributed by atoms with van der Waals surface area (Å²) in [5.74, 6) is 2.88. The monoisotopic (exact) mass is 691 g/mol. The normalized spacial score (nSPS) is 22.4. The van der Waals surface area contributed by atoms with Gasteiger partial charge >= 0.3 is 0 Å². The van der Waals surface area contributed by atoms with Gasteiger partial charge in [-0.3, -0.25) is 0 Å². The zero-order valence-electron chi connectivity index (χ0n) is 29.7. The first kappa shape index (κ1) is 32.2. The van der Waals surface area contributed by atoms with E-state index in [9.17, 15) is 0 Å². The molecular weight excluding hydrogens is 645 g/mol. The Kier molecular flexibility index (Phi) is 8.44. The number of nitrogens with zero attached hydrogens (tertiary/aromatic N) is 3. The highest BCUT2D eigenvalue weighted by atomic mass is 32.2. The second-order valence-corrected chi connectivity index (χ2v) is 17.8. The lowest BCUT2D eigenvalue weighted by molar-refractivity contribution is 0.356. The minimum Gasteiger partial charge on any atom is -0.371 e. The zero-order valence-corrected chi connectivity index (χ0v) is 31.3. The summed E-state index contributed by atoms with van der Waals surface area (Å²) in [7, 11) is 0. The highest BCUT2D eigenvalue weighted by Crippen LogP contribution is 2.45. The van der Waals surface area contributed by atoms with Gasteiger partial charge in [0.05, 0.1) is 0 Å². The van der Waals surface area contributed by atoms with Gasteiger partial charge in [0, 0.05) is 74.2 Å².